The van der Waals surface area contributed by atoms with Crippen LogP contribution in [-0.4, -0.2) is 55.1 Å². The molecule has 0 unspecified atom stereocenters. The number of rotatable bonds is 9. The third kappa shape index (κ3) is 5.68. The summed E-state index contributed by atoms with van der Waals surface area (Å²) < 4.78 is 0. The summed E-state index contributed by atoms with van der Waals surface area (Å²) >= 11 is 0. The van der Waals surface area contributed by atoms with Gasteiger partial charge in [-0.3, -0.25) is 4.90 Å². The van der Waals surface area contributed by atoms with Crippen LogP contribution >= 0.6 is 0 Å². The number of nitrogens with two attached hydrogens (primary N) is 1. The first-order chi connectivity index (χ1) is 8.81. The molecule has 0 heterocycles. The SMILES string of the molecule is CCN(CC)CCN(CCCN)C1CCCCC1. The Morgan fingerprint density at radius 2 is 1.61 bits per heavy atom. The molecule has 0 amide bonds. The van der Waals surface area contributed by atoms with Crippen molar-refractivity contribution in [3.63, 3.8) is 0 Å². The molecule has 0 aromatic carbocycles. The van der Waals surface area contributed by atoms with Crippen LogP contribution in [0.2, 0.25) is 0 Å². The Bertz CT molecular complexity index is 186. The Hall–Kier alpha value is -0.120. The second-order valence-corrected chi connectivity index (χ2v) is 5.50. The maximum Gasteiger partial charge on any atom is 0.0112 e. The standard InChI is InChI=1S/C15H33N3/c1-3-17(4-2)13-14-18(12-8-11-16)15-9-6-5-7-10-15/h15H,3-14,16H2,1-2H3. The highest BCUT2D eigenvalue weighted by Crippen LogP contribution is 2.22. The molecule has 1 fully saturated rings. The Kier molecular flexibility index (Phi) is 8.64. The van der Waals surface area contributed by atoms with Crippen LogP contribution in [-0.2, 0) is 0 Å². The van der Waals surface area contributed by atoms with Gasteiger partial charge in [-0.05, 0) is 45.4 Å². The lowest BCUT2D eigenvalue weighted by Crippen LogP contribution is -2.43. The maximum atomic E-state index is 5.68. The van der Waals surface area contributed by atoms with Gasteiger partial charge >= 0.3 is 0 Å². The van der Waals surface area contributed by atoms with Crippen molar-refractivity contribution in [3.05, 3.63) is 0 Å². The second-order valence-electron chi connectivity index (χ2n) is 5.50. The zero-order valence-corrected chi connectivity index (χ0v) is 12.5. The third-order valence-corrected chi connectivity index (χ3v) is 4.34. The van der Waals surface area contributed by atoms with E-state index in [2.05, 4.69) is 23.6 Å². The van der Waals surface area contributed by atoms with Crippen LogP contribution in [0.4, 0.5) is 0 Å². The first-order valence-corrected chi connectivity index (χ1v) is 7.98. The zero-order valence-electron chi connectivity index (χ0n) is 12.5. The Morgan fingerprint density at radius 3 is 2.17 bits per heavy atom. The quantitative estimate of drug-likeness (QED) is 0.686. The fourth-order valence-corrected chi connectivity index (χ4v) is 3.03. The summed E-state index contributed by atoms with van der Waals surface area (Å²) in [4.78, 5) is 5.24. The molecular formula is C15H33N3. The third-order valence-electron chi connectivity index (χ3n) is 4.34. The van der Waals surface area contributed by atoms with Crippen LogP contribution in [0.3, 0.4) is 0 Å². The summed E-state index contributed by atoms with van der Waals surface area (Å²) in [5.74, 6) is 0. The van der Waals surface area contributed by atoms with Crippen LogP contribution in [0.1, 0.15) is 52.4 Å². The van der Waals surface area contributed by atoms with E-state index < -0.39 is 0 Å². The molecule has 0 atom stereocenters. The molecule has 0 saturated heterocycles. The molecular weight excluding hydrogens is 222 g/mol. The highest BCUT2D eigenvalue weighted by Gasteiger charge is 2.20. The average Bonchev–Trinajstić information content (AvgIpc) is 2.44. The number of hydrogen-bond donors (Lipinski definition) is 1. The predicted octanol–water partition coefficient (Wildman–Crippen LogP) is 2.31. The molecule has 0 radical (unpaired) electrons. The Balaban J connectivity index is 2.38. The van der Waals surface area contributed by atoms with Gasteiger partial charge in [0.1, 0.15) is 0 Å². The van der Waals surface area contributed by atoms with Gasteiger partial charge in [0.15, 0.2) is 0 Å². The molecule has 1 aliphatic rings. The lowest BCUT2D eigenvalue weighted by Gasteiger charge is -2.35. The van der Waals surface area contributed by atoms with Crippen molar-refractivity contribution in [2.24, 2.45) is 5.73 Å². The van der Waals surface area contributed by atoms with Gasteiger partial charge in [-0.25, -0.2) is 0 Å². The predicted molar refractivity (Wildman–Crippen MR) is 79.9 cm³/mol. The van der Waals surface area contributed by atoms with Crippen LogP contribution in [0.15, 0.2) is 0 Å². The molecule has 0 bridgehead atoms. The fraction of sp³-hybridized carbons (Fsp3) is 1.00. The van der Waals surface area contributed by atoms with Crippen LogP contribution < -0.4 is 5.73 Å². The summed E-state index contributed by atoms with van der Waals surface area (Å²) in [6.45, 7) is 11.3. The van der Waals surface area contributed by atoms with Crippen molar-refractivity contribution in [2.75, 3.05) is 39.3 Å². The van der Waals surface area contributed by atoms with Gasteiger partial charge in [0.05, 0.1) is 0 Å². The molecule has 108 valence electrons. The van der Waals surface area contributed by atoms with E-state index in [1.54, 1.807) is 0 Å². The van der Waals surface area contributed by atoms with Crippen molar-refractivity contribution in [1.29, 1.82) is 0 Å². The van der Waals surface area contributed by atoms with Crippen molar-refractivity contribution in [1.82, 2.24) is 9.80 Å². The molecule has 18 heavy (non-hydrogen) atoms. The van der Waals surface area contributed by atoms with E-state index in [0.717, 1.165) is 19.0 Å². The molecule has 3 heteroatoms. The number of nitrogens with zero attached hydrogens (tertiary/aromatic N) is 2. The van der Waals surface area contributed by atoms with E-state index in [4.69, 9.17) is 5.73 Å². The van der Waals surface area contributed by atoms with Crippen LogP contribution in [0.5, 0.6) is 0 Å². The van der Waals surface area contributed by atoms with Crippen molar-refractivity contribution >= 4 is 0 Å². The molecule has 1 rings (SSSR count). The van der Waals surface area contributed by atoms with E-state index in [0.29, 0.717) is 0 Å². The van der Waals surface area contributed by atoms with E-state index in [1.807, 2.05) is 0 Å². The van der Waals surface area contributed by atoms with Crippen LogP contribution in [0.25, 0.3) is 0 Å². The van der Waals surface area contributed by atoms with E-state index in [-0.39, 0.29) is 0 Å². The molecule has 1 aliphatic carbocycles. The first-order valence-electron chi connectivity index (χ1n) is 7.98. The lowest BCUT2D eigenvalue weighted by atomic mass is 9.94. The smallest absolute Gasteiger partial charge is 0.0112 e. The minimum Gasteiger partial charge on any atom is -0.330 e. The minimum atomic E-state index is 0.828. The summed E-state index contributed by atoms with van der Waals surface area (Å²) in [6.07, 6.45) is 8.25. The Labute approximate surface area is 114 Å². The second kappa shape index (κ2) is 9.76. The lowest BCUT2D eigenvalue weighted by molar-refractivity contribution is 0.134. The molecule has 0 spiro atoms. The van der Waals surface area contributed by atoms with Gasteiger partial charge in [-0.15, -0.1) is 0 Å². The average molecular weight is 255 g/mol. The van der Waals surface area contributed by atoms with Gasteiger partial charge in [-0.1, -0.05) is 33.1 Å². The van der Waals surface area contributed by atoms with E-state index in [1.165, 1.54) is 64.8 Å². The van der Waals surface area contributed by atoms with Gasteiger partial charge in [-0.2, -0.15) is 0 Å². The number of hydrogen-bond acceptors (Lipinski definition) is 3. The zero-order chi connectivity index (χ0) is 13.2. The molecule has 0 aromatic rings. The highest BCUT2D eigenvalue weighted by atomic mass is 15.2. The maximum absolute atomic E-state index is 5.68. The summed E-state index contributed by atoms with van der Waals surface area (Å²) in [5.41, 5.74) is 5.68. The van der Waals surface area contributed by atoms with Gasteiger partial charge in [0.2, 0.25) is 0 Å². The van der Waals surface area contributed by atoms with Crippen molar-refractivity contribution < 1.29 is 0 Å². The van der Waals surface area contributed by atoms with E-state index in [9.17, 15) is 0 Å². The molecule has 1 saturated carbocycles. The molecule has 0 aliphatic heterocycles. The first kappa shape index (κ1) is 15.9. The van der Waals surface area contributed by atoms with Gasteiger partial charge < -0.3 is 10.6 Å². The summed E-state index contributed by atoms with van der Waals surface area (Å²) in [7, 11) is 0. The van der Waals surface area contributed by atoms with Crippen LogP contribution in [0, 0.1) is 0 Å². The van der Waals surface area contributed by atoms with Gasteiger partial charge in [0.25, 0.3) is 0 Å². The minimum absolute atomic E-state index is 0.828. The van der Waals surface area contributed by atoms with Crippen molar-refractivity contribution in [3.8, 4) is 0 Å². The topological polar surface area (TPSA) is 32.5 Å². The van der Waals surface area contributed by atoms with Gasteiger partial charge in [0, 0.05) is 19.1 Å². The monoisotopic (exact) mass is 255 g/mol. The summed E-state index contributed by atoms with van der Waals surface area (Å²) in [5, 5.41) is 0. The molecule has 0 aromatic heterocycles. The highest BCUT2D eigenvalue weighted by molar-refractivity contribution is 4.76. The largest absolute Gasteiger partial charge is 0.330 e. The number of likely N-dealkylation sites (N-methyl/N-ethyl adjacent to an activating group) is 1. The molecule has 2 N–H and O–H groups in total. The fourth-order valence-electron chi connectivity index (χ4n) is 3.03. The van der Waals surface area contributed by atoms with Crippen molar-refractivity contribution in [2.45, 2.75) is 58.4 Å². The summed E-state index contributed by atoms with van der Waals surface area (Å²) in [6, 6.07) is 0.834. The van der Waals surface area contributed by atoms with E-state index >= 15 is 0 Å². The molecule has 3 nitrogen and oxygen atoms in total. The Morgan fingerprint density at radius 1 is 0.944 bits per heavy atom. The normalized spacial score (nSPS) is 17.8.